The van der Waals surface area contributed by atoms with Gasteiger partial charge >= 0.3 is 0 Å². The fourth-order valence-electron chi connectivity index (χ4n) is 2.37. The maximum Gasteiger partial charge on any atom is 0.115 e. The molecule has 0 aliphatic carbocycles. The summed E-state index contributed by atoms with van der Waals surface area (Å²) in [6, 6.07) is 2.54. The number of nitrogens with one attached hydrogen (secondary N) is 1. The molecule has 18 heavy (non-hydrogen) atoms. The van der Waals surface area contributed by atoms with E-state index in [-0.39, 0.29) is 0 Å². The van der Waals surface area contributed by atoms with Gasteiger partial charge in [-0.25, -0.2) is 9.97 Å². The van der Waals surface area contributed by atoms with E-state index >= 15 is 0 Å². The first kappa shape index (κ1) is 15.1. The second kappa shape index (κ2) is 8.16. The largest absolute Gasteiger partial charge is 0.310 e. The van der Waals surface area contributed by atoms with Crippen molar-refractivity contribution >= 4 is 0 Å². The molecule has 1 unspecified atom stereocenters. The Kier molecular flexibility index (Phi) is 6.83. The Labute approximate surface area is 111 Å². The maximum absolute atomic E-state index is 4.22. The van der Waals surface area contributed by atoms with Crippen LogP contribution in [0.25, 0.3) is 0 Å². The number of hydrogen-bond acceptors (Lipinski definition) is 4. The molecule has 0 spiro atoms. The number of rotatable bonds is 8. The minimum Gasteiger partial charge on any atom is -0.310 e. The van der Waals surface area contributed by atoms with Crippen LogP contribution in [-0.4, -0.2) is 41.5 Å². The van der Waals surface area contributed by atoms with Crippen LogP contribution in [0, 0.1) is 5.92 Å². The molecule has 0 saturated carbocycles. The van der Waals surface area contributed by atoms with Crippen LogP contribution >= 0.6 is 0 Å². The van der Waals surface area contributed by atoms with Crippen molar-refractivity contribution in [2.24, 2.45) is 5.92 Å². The molecule has 4 nitrogen and oxygen atoms in total. The molecule has 0 saturated heterocycles. The second-order valence-electron chi connectivity index (χ2n) is 4.94. The summed E-state index contributed by atoms with van der Waals surface area (Å²) in [7, 11) is 4.32. The average molecular weight is 250 g/mol. The van der Waals surface area contributed by atoms with Crippen molar-refractivity contribution in [3.05, 3.63) is 24.3 Å². The van der Waals surface area contributed by atoms with Crippen molar-refractivity contribution in [1.82, 2.24) is 20.2 Å². The Hall–Kier alpha value is -1.00. The first-order valence-electron chi connectivity index (χ1n) is 6.81. The highest BCUT2D eigenvalue weighted by Crippen LogP contribution is 2.16. The fraction of sp³-hybridized carbons (Fsp3) is 0.714. The van der Waals surface area contributed by atoms with E-state index in [1.54, 1.807) is 12.5 Å². The van der Waals surface area contributed by atoms with E-state index in [1.165, 1.54) is 12.8 Å². The van der Waals surface area contributed by atoms with Crippen LogP contribution in [0.15, 0.2) is 18.6 Å². The third kappa shape index (κ3) is 4.70. The standard InChI is InChI=1S/C14H26N4/c1-5-12(6-2)14(18(3)4)10-16-9-13-7-8-15-11-17-13/h7-8,11-12,14,16H,5-6,9-10H2,1-4H3. The smallest absolute Gasteiger partial charge is 0.115 e. The highest BCUT2D eigenvalue weighted by molar-refractivity contribution is 4.97. The number of nitrogens with zero attached hydrogens (tertiary/aromatic N) is 3. The van der Waals surface area contributed by atoms with Crippen LogP contribution in [0.2, 0.25) is 0 Å². The summed E-state index contributed by atoms with van der Waals surface area (Å²) in [6.07, 6.45) is 5.85. The Balaban J connectivity index is 2.43. The van der Waals surface area contributed by atoms with Gasteiger partial charge in [0.05, 0.1) is 5.69 Å². The lowest BCUT2D eigenvalue weighted by Crippen LogP contribution is -2.42. The van der Waals surface area contributed by atoms with Gasteiger partial charge in [-0.15, -0.1) is 0 Å². The first-order valence-corrected chi connectivity index (χ1v) is 6.81. The summed E-state index contributed by atoms with van der Waals surface area (Å²) in [5, 5.41) is 3.50. The quantitative estimate of drug-likeness (QED) is 0.765. The third-order valence-electron chi connectivity index (χ3n) is 3.56. The van der Waals surface area contributed by atoms with Gasteiger partial charge in [0.1, 0.15) is 6.33 Å². The van der Waals surface area contributed by atoms with Crippen LogP contribution < -0.4 is 5.32 Å². The van der Waals surface area contributed by atoms with E-state index < -0.39 is 0 Å². The predicted molar refractivity (Wildman–Crippen MR) is 75.3 cm³/mol. The summed E-state index contributed by atoms with van der Waals surface area (Å²) in [5.74, 6) is 0.748. The molecule has 102 valence electrons. The normalized spacial score (nSPS) is 13.2. The van der Waals surface area contributed by atoms with E-state index in [9.17, 15) is 0 Å². The van der Waals surface area contributed by atoms with Gasteiger partial charge in [0.2, 0.25) is 0 Å². The summed E-state index contributed by atoms with van der Waals surface area (Å²) in [5.41, 5.74) is 1.05. The lowest BCUT2D eigenvalue weighted by Gasteiger charge is -2.31. The highest BCUT2D eigenvalue weighted by atomic mass is 15.1. The molecule has 0 radical (unpaired) electrons. The van der Waals surface area contributed by atoms with E-state index in [1.807, 2.05) is 6.07 Å². The topological polar surface area (TPSA) is 41.1 Å². The average Bonchev–Trinajstić information content (AvgIpc) is 2.39. The van der Waals surface area contributed by atoms with Gasteiger partial charge in [-0.3, -0.25) is 0 Å². The molecular weight excluding hydrogens is 224 g/mol. The van der Waals surface area contributed by atoms with Crippen molar-refractivity contribution in [1.29, 1.82) is 0 Å². The predicted octanol–water partition coefficient (Wildman–Crippen LogP) is 1.93. The van der Waals surface area contributed by atoms with E-state index in [0.29, 0.717) is 6.04 Å². The van der Waals surface area contributed by atoms with Gasteiger partial charge in [-0.1, -0.05) is 26.7 Å². The number of hydrogen-bond donors (Lipinski definition) is 1. The van der Waals surface area contributed by atoms with Gasteiger partial charge in [0.25, 0.3) is 0 Å². The lowest BCUT2D eigenvalue weighted by molar-refractivity contribution is 0.193. The van der Waals surface area contributed by atoms with E-state index in [4.69, 9.17) is 0 Å². The molecule has 1 N–H and O–H groups in total. The molecule has 1 aromatic heterocycles. The van der Waals surface area contributed by atoms with E-state index in [0.717, 1.165) is 24.7 Å². The van der Waals surface area contributed by atoms with Gasteiger partial charge in [-0.2, -0.15) is 0 Å². The molecule has 0 aromatic carbocycles. The van der Waals surface area contributed by atoms with Crippen LogP contribution in [0.5, 0.6) is 0 Å². The second-order valence-corrected chi connectivity index (χ2v) is 4.94. The molecule has 1 aromatic rings. The van der Waals surface area contributed by atoms with Crippen molar-refractivity contribution in [3.63, 3.8) is 0 Å². The molecular formula is C14H26N4. The Bertz CT molecular complexity index is 309. The van der Waals surface area contributed by atoms with Crippen LogP contribution in [0.4, 0.5) is 0 Å². The third-order valence-corrected chi connectivity index (χ3v) is 3.56. The Morgan fingerprint density at radius 2 is 2.00 bits per heavy atom. The Morgan fingerprint density at radius 1 is 1.28 bits per heavy atom. The van der Waals surface area contributed by atoms with Gasteiger partial charge in [-0.05, 0) is 26.1 Å². The van der Waals surface area contributed by atoms with Gasteiger partial charge in [0, 0.05) is 25.3 Å². The van der Waals surface area contributed by atoms with Crippen LogP contribution in [0.1, 0.15) is 32.4 Å². The van der Waals surface area contributed by atoms with Crippen molar-refractivity contribution in [2.45, 2.75) is 39.3 Å². The molecule has 0 aliphatic rings. The molecule has 1 atom stereocenters. The van der Waals surface area contributed by atoms with Gasteiger partial charge in [0.15, 0.2) is 0 Å². The fourth-order valence-corrected chi connectivity index (χ4v) is 2.37. The van der Waals surface area contributed by atoms with E-state index in [2.05, 4.69) is 48.1 Å². The highest BCUT2D eigenvalue weighted by Gasteiger charge is 2.19. The van der Waals surface area contributed by atoms with Crippen molar-refractivity contribution in [2.75, 3.05) is 20.6 Å². The minimum absolute atomic E-state index is 0.585. The lowest BCUT2D eigenvalue weighted by atomic mass is 9.93. The zero-order valence-corrected chi connectivity index (χ0v) is 12.1. The van der Waals surface area contributed by atoms with Gasteiger partial charge < -0.3 is 10.2 Å². The van der Waals surface area contributed by atoms with Crippen LogP contribution in [0.3, 0.4) is 0 Å². The monoisotopic (exact) mass is 250 g/mol. The summed E-state index contributed by atoms with van der Waals surface area (Å²) in [4.78, 5) is 10.5. The summed E-state index contributed by atoms with van der Waals surface area (Å²) >= 11 is 0. The zero-order chi connectivity index (χ0) is 13.4. The van der Waals surface area contributed by atoms with Crippen LogP contribution in [-0.2, 0) is 6.54 Å². The zero-order valence-electron chi connectivity index (χ0n) is 12.1. The molecule has 0 fully saturated rings. The molecule has 0 amide bonds. The molecule has 0 bridgehead atoms. The van der Waals surface area contributed by atoms with Crippen molar-refractivity contribution < 1.29 is 0 Å². The summed E-state index contributed by atoms with van der Waals surface area (Å²) in [6.45, 7) is 6.36. The molecule has 4 heteroatoms. The molecule has 1 rings (SSSR count). The maximum atomic E-state index is 4.22. The first-order chi connectivity index (χ1) is 8.69. The number of aromatic nitrogens is 2. The SMILES string of the molecule is CCC(CC)C(CNCc1ccncn1)N(C)C. The molecule has 1 heterocycles. The number of likely N-dealkylation sites (N-methyl/N-ethyl adjacent to an activating group) is 1. The Morgan fingerprint density at radius 3 is 2.50 bits per heavy atom. The van der Waals surface area contributed by atoms with Crippen molar-refractivity contribution in [3.8, 4) is 0 Å². The minimum atomic E-state index is 0.585. The summed E-state index contributed by atoms with van der Waals surface area (Å²) < 4.78 is 0. The molecule has 0 aliphatic heterocycles.